The van der Waals surface area contributed by atoms with E-state index in [1.807, 2.05) is 12.1 Å². The van der Waals surface area contributed by atoms with Crippen molar-refractivity contribution in [3.63, 3.8) is 0 Å². The summed E-state index contributed by atoms with van der Waals surface area (Å²) in [7, 11) is 0. The number of para-hydroxylation sites is 1. The van der Waals surface area contributed by atoms with Gasteiger partial charge in [0.1, 0.15) is 0 Å². The van der Waals surface area contributed by atoms with E-state index >= 15 is 0 Å². The molecule has 2 nitrogen and oxygen atoms in total. The summed E-state index contributed by atoms with van der Waals surface area (Å²) in [5.41, 5.74) is 3.63. The van der Waals surface area contributed by atoms with Gasteiger partial charge >= 0.3 is 0 Å². The number of halogens is 1. The zero-order valence-corrected chi connectivity index (χ0v) is 12.5. The minimum atomic E-state index is 0.178. The molecule has 2 aromatic carbocycles. The Morgan fingerprint density at radius 2 is 1.76 bits per heavy atom. The van der Waals surface area contributed by atoms with Crippen LogP contribution in [0.5, 0.6) is 0 Å². The zero-order chi connectivity index (χ0) is 14.2. The van der Waals surface area contributed by atoms with E-state index in [0.717, 1.165) is 18.1 Å². The molecular formula is C18H18ClNO. The maximum absolute atomic E-state index is 6.44. The minimum absolute atomic E-state index is 0.178. The first-order valence-corrected chi connectivity index (χ1v) is 7.94. The molecule has 2 aliphatic rings. The van der Waals surface area contributed by atoms with Gasteiger partial charge < -0.3 is 10.1 Å². The van der Waals surface area contributed by atoms with Gasteiger partial charge in [-0.05, 0) is 30.5 Å². The number of rotatable bonds is 1. The predicted octanol–water partition coefficient (Wildman–Crippen LogP) is 4.97. The van der Waals surface area contributed by atoms with Crippen LogP contribution in [0.25, 0.3) is 0 Å². The van der Waals surface area contributed by atoms with E-state index in [9.17, 15) is 0 Å². The molecule has 0 radical (unpaired) electrons. The number of ether oxygens (including phenoxy) is 1. The van der Waals surface area contributed by atoms with Gasteiger partial charge in [-0.15, -0.1) is 0 Å². The Bertz CT molecular complexity index is 657. The third-order valence-corrected chi connectivity index (χ3v) is 4.96. The van der Waals surface area contributed by atoms with Crippen molar-refractivity contribution in [2.24, 2.45) is 5.92 Å². The summed E-state index contributed by atoms with van der Waals surface area (Å²) in [6, 6.07) is 16.8. The van der Waals surface area contributed by atoms with Crippen LogP contribution in [0.1, 0.15) is 36.1 Å². The molecule has 4 rings (SSSR count). The van der Waals surface area contributed by atoms with Crippen LogP contribution in [0.3, 0.4) is 0 Å². The fourth-order valence-corrected chi connectivity index (χ4v) is 3.91. The van der Waals surface area contributed by atoms with Crippen molar-refractivity contribution in [1.29, 1.82) is 0 Å². The highest BCUT2D eigenvalue weighted by atomic mass is 35.5. The average Bonchev–Trinajstić information content (AvgIpc) is 2.55. The number of nitrogens with one attached hydrogen (secondary N) is 1. The van der Waals surface area contributed by atoms with E-state index in [0.29, 0.717) is 5.92 Å². The second-order valence-electron chi connectivity index (χ2n) is 5.83. The first-order chi connectivity index (χ1) is 10.3. The van der Waals surface area contributed by atoms with Crippen LogP contribution in [0.4, 0.5) is 5.69 Å². The quantitative estimate of drug-likeness (QED) is 0.802. The molecule has 2 heterocycles. The number of hydrogen-bond donors (Lipinski definition) is 1. The molecule has 0 aromatic heterocycles. The van der Waals surface area contributed by atoms with Gasteiger partial charge in [0, 0.05) is 28.8 Å². The molecule has 0 bridgehead atoms. The monoisotopic (exact) mass is 299 g/mol. The summed E-state index contributed by atoms with van der Waals surface area (Å²) < 4.78 is 6.12. The third kappa shape index (κ3) is 2.23. The molecule has 0 spiro atoms. The van der Waals surface area contributed by atoms with Gasteiger partial charge in [-0.3, -0.25) is 0 Å². The average molecular weight is 300 g/mol. The maximum atomic E-state index is 6.44. The SMILES string of the molecule is Clc1ccccc1[C@@H]1Nc2ccccc2[C@@H]2OCCC[C@H]12. The van der Waals surface area contributed by atoms with Crippen molar-refractivity contribution in [3.8, 4) is 0 Å². The lowest BCUT2D eigenvalue weighted by atomic mass is 9.77. The Morgan fingerprint density at radius 1 is 1.00 bits per heavy atom. The van der Waals surface area contributed by atoms with Gasteiger partial charge in [-0.25, -0.2) is 0 Å². The van der Waals surface area contributed by atoms with Gasteiger partial charge in [0.05, 0.1) is 12.1 Å². The molecule has 1 saturated heterocycles. The van der Waals surface area contributed by atoms with E-state index in [4.69, 9.17) is 16.3 Å². The molecular weight excluding hydrogens is 282 g/mol. The Morgan fingerprint density at radius 3 is 2.62 bits per heavy atom. The summed E-state index contributed by atoms with van der Waals surface area (Å²) >= 11 is 6.44. The first kappa shape index (κ1) is 13.2. The lowest BCUT2D eigenvalue weighted by Crippen LogP contribution is -2.36. The lowest BCUT2D eigenvalue weighted by Gasteiger charge is -2.43. The highest BCUT2D eigenvalue weighted by Gasteiger charge is 2.40. The Kier molecular flexibility index (Phi) is 3.36. The van der Waals surface area contributed by atoms with Crippen LogP contribution in [0, 0.1) is 5.92 Å². The van der Waals surface area contributed by atoms with E-state index < -0.39 is 0 Å². The topological polar surface area (TPSA) is 21.3 Å². The number of anilines is 1. The molecule has 3 atom stereocenters. The molecule has 0 amide bonds. The van der Waals surface area contributed by atoms with Gasteiger partial charge in [0.15, 0.2) is 0 Å². The number of fused-ring (bicyclic) bond motifs is 3. The summed E-state index contributed by atoms with van der Waals surface area (Å²) in [5.74, 6) is 0.438. The van der Waals surface area contributed by atoms with Gasteiger partial charge in [0.25, 0.3) is 0 Å². The lowest BCUT2D eigenvalue weighted by molar-refractivity contribution is -0.0381. The summed E-state index contributed by atoms with van der Waals surface area (Å²) in [5, 5.41) is 4.52. The molecule has 0 aliphatic carbocycles. The van der Waals surface area contributed by atoms with E-state index in [1.54, 1.807) is 0 Å². The third-order valence-electron chi connectivity index (χ3n) is 4.61. The maximum Gasteiger partial charge on any atom is 0.0895 e. The molecule has 2 aliphatic heterocycles. The van der Waals surface area contributed by atoms with Crippen molar-refractivity contribution < 1.29 is 4.74 Å². The van der Waals surface area contributed by atoms with Crippen LogP contribution >= 0.6 is 11.6 Å². The standard InChI is InChI=1S/C18H18ClNO/c19-15-9-3-1-6-12(15)17-14-8-5-11-21-18(14)13-7-2-4-10-16(13)20-17/h1-4,6-7,9-10,14,17-18,20H,5,8,11H2/t14-,17+,18+/m1/s1. The summed E-state index contributed by atoms with van der Waals surface area (Å²) in [6.45, 7) is 0.852. The zero-order valence-electron chi connectivity index (χ0n) is 11.8. The number of benzene rings is 2. The summed E-state index contributed by atoms with van der Waals surface area (Å²) in [6.07, 6.45) is 2.46. The minimum Gasteiger partial charge on any atom is -0.377 e. The summed E-state index contributed by atoms with van der Waals surface area (Å²) in [4.78, 5) is 0. The van der Waals surface area contributed by atoms with Crippen LogP contribution in [0.15, 0.2) is 48.5 Å². The van der Waals surface area contributed by atoms with Gasteiger partial charge in [0.2, 0.25) is 0 Å². The van der Waals surface area contributed by atoms with Crippen molar-refractivity contribution in [1.82, 2.24) is 0 Å². The highest BCUT2D eigenvalue weighted by molar-refractivity contribution is 6.31. The Labute approximate surface area is 130 Å². The first-order valence-electron chi connectivity index (χ1n) is 7.56. The Hall–Kier alpha value is -1.51. The number of hydrogen-bond acceptors (Lipinski definition) is 2. The Balaban J connectivity index is 1.80. The molecule has 0 unspecified atom stereocenters. The smallest absolute Gasteiger partial charge is 0.0895 e. The van der Waals surface area contributed by atoms with Crippen molar-refractivity contribution in [3.05, 3.63) is 64.7 Å². The van der Waals surface area contributed by atoms with E-state index in [1.165, 1.54) is 23.2 Å². The van der Waals surface area contributed by atoms with Gasteiger partial charge in [-0.1, -0.05) is 48.0 Å². The normalized spacial score (nSPS) is 27.4. The van der Waals surface area contributed by atoms with Crippen LogP contribution < -0.4 is 5.32 Å². The molecule has 2 aromatic rings. The molecule has 21 heavy (non-hydrogen) atoms. The van der Waals surface area contributed by atoms with E-state index in [2.05, 4.69) is 41.7 Å². The van der Waals surface area contributed by atoms with Gasteiger partial charge in [-0.2, -0.15) is 0 Å². The predicted molar refractivity (Wildman–Crippen MR) is 85.7 cm³/mol. The van der Waals surface area contributed by atoms with Crippen molar-refractivity contribution in [2.75, 3.05) is 11.9 Å². The van der Waals surface area contributed by atoms with Crippen molar-refractivity contribution in [2.45, 2.75) is 25.0 Å². The largest absolute Gasteiger partial charge is 0.377 e. The highest BCUT2D eigenvalue weighted by Crippen LogP contribution is 2.49. The fraction of sp³-hybridized carbons (Fsp3) is 0.333. The van der Waals surface area contributed by atoms with Crippen LogP contribution in [-0.2, 0) is 4.74 Å². The van der Waals surface area contributed by atoms with Crippen LogP contribution in [-0.4, -0.2) is 6.61 Å². The van der Waals surface area contributed by atoms with E-state index in [-0.39, 0.29) is 12.1 Å². The fourth-order valence-electron chi connectivity index (χ4n) is 3.65. The molecule has 1 N–H and O–H groups in total. The second-order valence-corrected chi connectivity index (χ2v) is 6.24. The molecule has 108 valence electrons. The molecule has 0 saturated carbocycles. The molecule has 3 heteroatoms. The van der Waals surface area contributed by atoms with Crippen molar-refractivity contribution >= 4 is 17.3 Å². The second kappa shape index (κ2) is 5.36. The molecule has 1 fully saturated rings. The van der Waals surface area contributed by atoms with Crippen LogP contribution in [0.2, 0.25) is 5.02 Å².